The van der Waals surface area contributed by atoms with E-state index in [0.717, 1.165) is 23.1 Å². The highest BCUT2D eigenvalue weighted by Crippen LogP contribution is 2.38. The van der Waals surface area contributed by atoms with Crippen LogP contribution in [0.2, 0.25) is 0 Å². The maximum atomic E-state index is 13.8. The molecule has 0 bridgehead atoms. The summed E-state index contributed by atoms with van der Waals surface area (Å²) in [4.78, 5) is 41.8. The van der Waals surface area contributed by atoms with Gasteiger partial charge >= 0.3 is 11.9 Å². The normalized spacial score (nSPS) is 17.8. The lowest BCUT2D eigenvalue weighted by atomic mass is 9.86. The van der Waals surface area contributed by atoms with Crippen LogP contribution in [0.5, 0.6) is 0 Å². The van der Waals surface area contributed by atoms with Gasteiger partial charge in [-0.25, -0.2) is 14.6 Å². The molecule has 7 nitrogen and oxygen atoms in total. The minimum atomic E-state index is -0.430. The van der Waals surface area contributed by atoms with Gasteiger partial charge in [0.1, 0.15) is 5.56 Å². The number of nitrogens with one attached hydrogen (secondary N) is 1. The molecule has 2 aromatic rings. The van der Waals surface area contributed by atoms with Gasteiger partial charge in [-0.05, 0) is 41.4 Å². The van der Waals surface area contributed by atoms with Crippen molar-refractivity contribution < 1.29 is 23.6 Å². The lowest BCUT2D eigenvalue weighted by molar-refractivity contribution is -0.743. The highest BCUT2D eigenvalue weighted by Gasteiger charge is 2.48. The Morgan fingerprint density at radius 1 is 1.12 bits per heavy atom. The van der Waals surface area contributed by atoms with Gasteiger partial charge in [0, 0.05) is 18.2 Å². The number of hydrogen-bond donors (Lipinski definition) is 1. The van der Waals surface area contributed by atoms with E-state index in [1.165, 1.54) is 5.56 Å². The van der Waals surface area contributed by atoms with Crippen LogP contribution in [0.15, 0.2) is 30.5 Å². The summed E-state index contributed by atoms with van der Waals surface area (Å²) in [5.74, 6) is 0.824. The molecular weight excluding hydrogens is 418 g/mol. The number of ether oxygens (including phenoxy) is 1. The van der Waals surface area contributed by atoms with E-state index in [4.69, 9.17) is 4.74 Å². The monoisotopic (exact) mass is 452 g/mol. The van der Waals surface area contributed by atoms with Crippen LogP contribution in [0.3, 0.4) is 0 Å². The first-order chi connectivity index (χ1) is 15.7. The minimum Gasteiger partial charge on any atom is -0.468 e. The Morgan fingerprint density at radius 2 is 1.85 bits per heavy atom. The summed E-state index contributed by atoms with van der Waals surface area (Å²) >= 11 is 0. The molecule has 2 heterocycles. The zero-order chi connectivity index (χ0) is 24.2. The molecule has 1 aliphatic rings. The molecule has 1 N–H and O–H groups in total. The first-order valence-corrected chi connectivity index (χ1v) is 11.6. The number of carbonyl (C=O) groups is 3. The highest BCUT2D eigenvalue weighted by molar-refractivity contribution is 6.09. The molecule has 1 atom stereocenters. The molecule has 3 amide bonds. The minimum absolute atomic E-state index is 0.158. The van der Waals surface area contributed by atoms with E-state index in [-0.39, 0.29) is 19.1 Å². The molecule has 0 saturated heterocycles. The predicted molar refractivity (Wildman–Crippen MR) is 128 cm³/mol. The molecule has 3 rings (SSSR count). The number of fused-ring (bicyclic) bond motifs is 1. The number of rotatable bonds is 10. The standard InChI is InChI=1S/C26H33N3O4/c1-17(2)11-12-21-22(20-10-7-6-9-19(20)18(3)4)15-27-24-23(21)25(31)29(5,26(32)28-24)13-8-14-33-16-30/h6-7,9-10,15-18H,8,11-14H2,1-5H3/p+1. The maximum absolute atomic E-state index is 13.8. The predicted octanol–water partition coefficient (Wildman–Crippen LogP) is 5.16. The van der Waals surface area contributed by atoms with Crippen molar-refractivity contribution in [1.29, 1.82) is 0 Å². The summed E-state index contributed by atoms with van der Waals surface area (Å²) in [7, 11) is 1.61. The van der Waals surface area contributed by atoms with Gasteiger partial charge in [0.05, 0.1) is 20.2 Å². The molecule has 1 aromatic carbocycles. The van der Waals surface area contributed by atoms with E-state index in [1.807, 2.05) is 12.1 Å². The lowest BCUT2D eigenvalue weighted by Crippen LogP contribution is -2.59. The van der Waals surface area contributed by atoms with E-state index in [1.54, 1.807) is 13.2 Å². The molecule has 0 fully saturated rings. The van der Waals surface area contributed by atoms with E-state index >= 15 is 0 Å². The van der Waals surface area contributed by atoms with Crippen molar-refractivity contribution in [1.82, 2.24) is 4.98 Å². The summed E-state index contributed by atoms with van der Waals surface area (Å²) in [6, 6.07) is 7.80. The van der Waals surface area contributed by atoms with Crippen LogP contribution in [0.4, 0.5) is 10.6 Å². The Kier molecular flexibility index (Phi) is 7.64. The topological polar surface area (TPSA) is 85.4 Å². The number of anilines is 1. The number of benzene rings is 1. The van der Waals surface area contributed by atoms with Crippen molar-refractivity contribution in [2.75, 3.05) is 25.5 Å². The number of pyridine rings is 1. The van der Waals surface area contributed by atoms with Crippen LogP contribution in [-0.4, -0.2) is 48.1 Å². The second-order valence-corrected chi connectivity index (χ2v) is 9.52. The fraction of sp³-hybridized carbons (Fsp3) is 0.462. The fourth-order valence-electron chi connectivity index (χ4n) is 4.32. The number of imide groups is 1. The van der Waals surface area contributed by atoms with Crippen LogP contribution in [0, 0.1) is 5.92 Å². The van der Waals surface area contributed by atoms with Gasteiger partial charge in [-0.15, -0.1) is 0 Å². The summed E-state index contributed by atoms with van der Waals surface area (Å²) in [5, 5.41) is 2.86. The first-order valence-electron chi connectivity index (χ1n) is 11.6. The van der Waals surface area contributed by atoms with Crippen molar-refractivity contribution in [2.45, 2.75) is 52.9 Å². The van der Waals surface area contributed by atoms with Crippen LogP contribution in [0.1, 0.15) is 67.9 Å². The van der Waals surface area contributed by atoms with Gasteiger partial charge in [-0.3, -0.25) is 10.1 Å². The van der Waals surface area contributed by atoms with Gasteiger partial charge in [-0.1, -0.05) is 52.0 Å². The molecule has 0 aliphatic carbocycles. The van der Waals surface area contributed by atoms with E-state index in [0.29, 0.717) is 42.5 Å². The van der Waals surface area contributed by atoms with Crippen molar-refractivity contribution in [2.24, 2.45) is 5.92 Å². The molecule has 1 unspecified atom stereocenters. The van der Waals surface area contributed by atoms with Crippen LogP contribution >= 0.6 is 0 Å². The van der Waals surface area contributed by atoms with E-state index in [9.17, 15) is 14.4 Å². The Labute approximate surface area is 195 Å². The molecule has 0 radical (unpaired) electrons. The molecule has 33 heavy (non-hydrogen) atoms. The zero-order valence-electron chi connectivity index (χ0n) is 20.2. The average molecular weight is 453 g/mol. The summed E-state index contributed by atoms with van der Waals surface area (Å²) in [6.45, 7) is 9.38. The van der Waals surface area contributed by atoms with Gasteiger partial charge < -0.3 is 4.74 Å². The van der Waals surface area contributed by atoms with Crippen molar-refractivity contribution in [3.05, 3.63) is 47.2 Å². The Morgan fingerprint density at radius 3 is 2.52 bits per heavy atom. The molecule has 7 heteroatoms. The van der Waals surface area contributed by atoms with E-state index < -0.39 is 10.5 Å². The van der Waals surface area contributed by atoms with Crippen molar-refractivity contribution >= 4 is 24.2 Å². The molecule has 1 aromatic heterocycles. The van der Waals surface area contributed by atoms with Crippen LogP contribution in [0.25, 0.3) is 11.1 Å². The smallest absolute Gasteiger partial charge is 0.429 e. The SMILES string of the molecule is CC(C)CCc1c(-c2ccccc2C(C)C)cnc2c1C(=O)[N+](C)(CCCOC=O)C(=O)N2. The van der Waals surface area contributed by atoms with Crippen molar-refractivity contribution in [3.8, 4) is 11.1 Å². The van der Waals surface area contributed by atoms with E-state index in [2.05, 4.69) is 50.1 Å². The number of aromatic nitrogens is 1. The third-order valence-electron chi connectivity index (χ3n) is 6.30. The molecule has 0 spiro atoms. The number of amides is 3. The van der Waals surface area contributed by atoms with Crippen LogP contribution < -0.4 is 5.32 Å². The zero-order valence-corrected chi connectivity index (χ0v) is 20.2. The number of urea groups is 1. The number of carbonyl (C=O) groups excluding carboxylic acids is 3. The lowest BCUT2D eigenvalue weighted by Gasteiger charge is -2.34. The molecule has 1 aliphatic heterocycles. The third-order valence-corrected chi connectivity index (χ3v) is 6.30. The highest BCUT2D eigenvalue weighted by atomic mass is 16.5. The van der Waals surface area contributed by atoms with Gasteiger partial charge in [0.2, 0.25) is 0 Å². The Hall–Kier alpha value is -3.06. The summed E-state index contributed by atoms with van der Waals surface area (Å²) in [5.41, 5.74) is 4.63. The van der Waals surface area contributed by atoms with Crippen LogP contribution in [-0.2, 0) is 16.0 Å². The average Bonchev–Trinajstić information content (AvgIpc) is 2.79. The number of hydrogen-bond acceptors (Lipinski definition) is 5. The quantitative estimate of drug-likeness (QED) is 0.306. The van der Waals surface area contributed by atoms with Gasteiger partial charge in [-0.2, -0.15) is 4.48 Å². The van der Waals surface area contributed by atoms with Gasteiger partial charge in [0.25, 0.3) is 6.47 Å². The summed E-state index contributed by atoms with van der Waals surface area (Å²) < 4.78 is 4.34. The molecule has 0 saturated carbocycles. The van der Waals surface area contributed by atoms with Crippen molar-refractivity contribution in [3.63, 3.8) is 0 Å². The number of quaternary nitrogens is 1. The Bertz CT molecular complexity index is 1050. The third kappa shape index (κ3) is 4.98. The van der Waals surface area contributed by atoms with Gasteiger partial charge in [0.15, 0.2) is 5.82 Å². The second kappa shape index (κ2) is 10.3. The maximum Gasteiger partial charge on any atom is 0.429 e. The molecular formula is C26H34N3O4+. The number of nitrogens with zero attached hydrogens (tertiary/aromatic N) is 2. The molecule has 176 valence electrons. The Balaban J connectivity index is 2.15. The summed E-state index contributed by atoms with van der Waals surface area (Å²) in [6.07, 6.45) is 3.80. The first kappa shape index (κ1) is 24.6. The fourth-order valence-corrected chi connectivity index (χ4v) is 4.32. The second-order valence-electron chi connectivity index (χ2n) is 9.52. The largest absolute Gasteiger partial charge is 0.468 e.